The van der Waals surface area contributed by atoms with E-state index in [1.165, 1.54) is 18.2 Å². The first-order valence-electron chi connectivity index (χ1n) is 8.11. The first-order valence-corrected chi connectivity index (χ1v) is 8.11. The van der Waals surface area contributed by atoms with Crippen LogP contribution in [0, 0.1) is 17.5 Å². The summed E-state index contributed by atoms with van der Waals surface area (Å²) < 4.78 is 40.5. The first-order chi connectivity index (χ1) is 12.0. The van der Waals surface area contributed by atoms with E-state index in [1.54, 1.807) is 12.3 Å². The molecule has 4 nitrogen and oxygen atoms in total. The molecule has 2 heterocycles. The molecule has 1 aliphatic rings. The van der Waals surface area contributed by atoms with Crippen LogP contribution >= 0.6 is 0 Å². The maximum Gasteiger partial charge on any atom is 0.254 e. The summed E-state index contributed by atoms with van der Waals surface area (Å²) in [5, 5.41) is 2.74. The summed E-state index contributed by atoms with van der Waals surface area (Å²) in [7, 11) is 0. The molecule has 132 valence electrons. The predicted octanol–water partition coefficient (Wildman–Crippen LogP) is 2.89. The topological polar surface area (TPSA) is 45.2 Å². The molecule has 1 N–H and O–H groups in total. The molecule has 1 fully saturated rings. The van der Waals surface area contributed by atoms with Crippen LogP contribution in [0.3, 0.4) is 0 Å². The lowest BCUT2D eigenvalue weighted by molar-refractivity contribution is 0.0903. The molecule has 0 atom stereocenters. The second kappa shape index (κ2) is 7.65. The van der Waals surface area contributed by atoms with E-state index in [2.05, 4.69) is 15.2 Å². The molecule has 1 aliphatic heterocycles. The smallest absolute Gasteiger partial charge is 0.254 e. The molecule has 0 spiro atoms. The van der Waals surface area contributed by atoms with Gasteiger partial charge in [0.05, 0.1) is 11.3 Å². The van der Waals surface area contributed by atoms with E-state index in [0.29, 0.717) is 38.2 Å². The van der Waals surface area contributed by atoms with Gasteiger partial charge in [-0.1, -0.05) is 6.07 Å². The zero-order chi connectivity index (χ0) is 17.8. The molecule has 0 aliphatic carbocycles. The summed E-state index contributed by atoms with van der Waals surface area (Å²) in [6.07, 6.45) is 2.85. The van der Waals surface area contributed by atoms with Crippen molar-refractivity contribution in [3.05, 3.63) is 65.2 Å². The molecule has 3 rings (SSSR count). The predicted molar refractivity (Wildman–Crippen MR) is 86.3 cm³/mol. The minimum absolute atomic E-state index is 0.125. The van der Waals surface area contributed by atoms with Crippen LogP contribution in [-0.4, -0.2) is 34.9 Å². The molecule has 7 heteroatoms. The Labute approximate surface area is 143 Å². The van der Waals surface area contributed by atoms with E-state index < -0.39 is 17.5 Å². The van der Waals surface area contributed by atoms with Gasteiger partial charge in [-0.05, 0) is 37.1 Å². The van der Waals surface area contributed by atoms with Crippen molar-refractivity contribution in [1.29, 1.82) is 0 Å². The number of carbonyl (C=O) groups is 1. The number of nitrogens with zero attached hydrogens (tertiary/aromatic N) is 2. The summed E-state index contributed by atoms with van der Waals surface area (Å²) in [5.41, 5.74) is 0.102. The highest BCUT2D eigenvalue weighted by molar-refractivity contribution is 5.94. The monoisotopic (exact) mass is 349 g/mol. The molecule has 25 heavy (non-hydrogen) atoms. The van der Waals surface area contributed by atoms with Gasteiger partial charge in [0, 0.05) is 31.9 Å². The lowest BCUT2D eigenvalue weighted by Crippen LogP contribution is -2.44. The highest BCUT2D eigenvalue weighted by Gasteiger charge is 2.23. The van der Waals surface area contributed by atoms with Gasteiger partial charge in [0.1, 0.15) is 5.82 Å². The Hall–Kier alpha value is -2.41. The quantitative estimate of drug-likeness (QED) is 0.923. The van der Waals surface area contributed by atoms with Crippen LogP contribution < -0.4 is 5.32 Å². The van der Waals surface area contributed by atoms with Crippen molar-refractivity contribution in [2.24, 2.45) is 0 Å². The Morgan fingerprint density at radius 3 is 2.56 bits per heavy atom. The number of piperidine rings is 1. The van der Waals surface area contributed by atoms with Crippen LogP contribution in [0.2, 0.25) is 0 Å². The van der Waals surface area contributed by atoms with Crippen LogP contribution in [0.5, 0.6) is 0 Å². The van der Waals surface area contributed by atoms with E-state index in [-0.39, 0.29) is 17.4 Å². The standard InChI is InChI=1S/C18H18F3N3O/c19-14-5-2-8-22-16(14)11-24-9-6-12(7-10-24)23-18(25)13-3-1-4-15(20)17(13)21/h1-5,8,12H,6-7,9-11H2,(H,23,25). The molecule has 0 saturated carbocycles. The number of hydrogen-bond donors (Lipinski definition) is 1. The van der Waals surface area contributed by atoms with Crippen molar-refractivity contribution in [3.8, 4) is 0 Å². The molecule has 1 aromatic carbocycles. The van der Waals surface area contributed by atoms with Gasteiger partial charge < -0.3 is 5.32 Å². The van der Waals surface area contributed by atoms with E-state index in [4.69, 9.17) is 0 Å². The summed E-state index contributed by atoms with van der Waals surface area (Å²) in [5.74, 6) is -3.13. The third kappa shape index (κ3) is 4.17. The fourth-order valence-electron chi connectivity index (χ4n) is 2.92. The molecule has 1 saturated heterocycles. The second-order valence-corrected chi connectivity index (χ2v) is 6.06. The SMILES string of the molecule is O=C(NC1CCN(Cc2ncccc2F)CC1)c1cccc(F)c1F. The fourth-order valence-corrected chi connectivity index (χ4v) is 2.92. The Kier molecular flexibility index (Phi) is 5.33. The van der Waals surface area contributed by atoms with Crippen molar-refractivity contribution in [3.63, 3.8) is 0 Å². The van der Waals surface area contributed by atoms with Gasteiger partial charge in [-0.15, -0.1) is 0 Å². The molecule has 0 bridgehead atoms. The molecule has 1 aromatic heterocycles. The number of aromatic nitrogens is 1. The Balaban J connectivity index is 1.53. The number of amides is 1. The third-order valence-corrected chi connectivity index (χ3v) is 4.33. The van der Waals surface area contributed by atoms with Gasteiger partial charge in [0.15, 0.2) is 11.6 Å². The molecule has 2 aromatic rings. The van der Waals surface area contributed by atoms with Crippen molar-refractivity contribution >= 4 is 5.91 Å². The number of hydrogen-bond acceptors (Lipinski definition) is 3. The number of pyridine rings is 1. The highest BCUT2D eigenvalue weighted by Crippen LogP contribution is 2.16. The second-order valence-electron chi connectivity index (χ2n) is 6.06. The van der Waals surface area contributed by atoms with Crippen molar-refractivity contribution < 1.29 is 18.0 Å². The van der Waals surface area contributed by atoms with E-state index >= 15 is 0 Å². The Bertz CT molecular complexity index is 761. The summed E-state index contributed by atoms with van der Waals surface area (Å²) in [6, 6.07) is 6.33. The molecular weight excluding hydrogens is 331 g/mol. The number of benzene rings is 1. The van der Waals surface area contributed by atoms with Crippen molar-refractivity contribution in [2.75, 3.05) is 13.1 Å². The number of halogens is 3. The third-order valence-electron chi connectivity index (χ3n) is 4.33. The summed E-state index contributed by atoms with van der Waals surface area (Å²) in [4.78, 5) is 18.2. The fraction of sp³-hybridized carbons (Fsp3) is 0.333. The normalized spacial score (nSPS) is 16.0. The van der Waals surface area contributed by atoms with E-state index in [0.717, 1.165) is 6.07 Å². The Morgan fingerprint density at radius 1 is 1.12 bits per heavy atom. The van der Waals surface area contributed by atoms with Gasteiger partial charge in [-0.3, -0.25) is 14.7 Å². The van der Waals surface area contributed by atoms with Crippen LogP contribution in [0.15, 0.2) is 36.5 Å². The van der Waals surface area contributed by atoms with Crippen LogP contribution in [0.4, 0.5) is 13.2 Å². The van der Waals surface area contributed by atoms with Gasteiger partial charge in [0.2, 0.25) is 0 Å². The first kappa shape index (κ1) is 17.4. The van der Waals surface area contributed by atoms with E-state index in [1.807, 2.05) is 0 Å². The number of carbonyl (C=O) groups excluding carboxylic acids is 1. The minimum Gasteiger partial charge on any atom is -0.349 e. The van der Waals surface area contributed by atoms with E-state index in [9.17, 15) is 18.0 Å². The number of rotatable bonds is 4. The largest absolute Gasteiger partial charge is 0.349 e. The zero-order valence-electron chi connectivity index (χ0n) is 13.5. The average molecular weight is 349 g/mol. The number of likely N-dealkylation sites (tertiary alicyclic amines) is 1. The lowest BCUT2D eigenvalue weighted by Gasteiger charge is -2.32. The van der Waals surface area contributed by atoms with Crippen LogP contribution in [0.25, 0.3) is 0 Å². The minimum atomic E-state index is -1.14. The van der Waals surface area contributed by atoms with Gasteiger partial charge in [-0.25, -0.2) is 13.2 Å². The maximum absolute atomic E-state index is 13.7. The van der Waals surface area contributed by atoms with Gasteiger partial charge >= 0.3 is 0 Å². The average Bonchev–Trinajstić information content (AvgIpc) is 2.61. The maximum atomic E-state index is 13.7. The van der Waals surface area contributed by atoms with Crippen molar-refractivity contribution in [1.82, 2.24) is 15.2 Å². The lowest BCUT2D eigenvalue weighted by atomic mass is 10.0. The molecular formula is C18H18F3N3O. The zero-order valence-corrected chi connectivity index (χ0v) is 13.5. The molecule has 0 unspecified atom stereocenters. The number of nitrogens with one attached hydrogen (secondary N) is 1. The molecule has 0 radical (unpaired) electrons. The van der Waals surface area contributed by atoms with Crippen LogP contribution in [0.1, 0.15) is 28.9 Å². The summed E-state index contributed by atoms with van der Waals surface area (Å²) >= 11 is 0. The highest BCUT2D eigenvalue weighted by atomic mass is 19.2. The Morgan fingerprint density at radius 2 is 1.84 bits per heavy atom. The van der Waals surface area contributed by atoms with Gasteiger partial charge in [-0.2, -0.15) is 0 Å². The van der Waals surface area contributed by atoms with Crippen molar-refractivity contribution in [2.45, 2.75) is 25.4 Å². The van der Waals surface area contributed by atoms with Gasteiger partial charge in [0.25, 0.3) is 5.91 Å². The molecule has 1 amide bonds. The summed E-state index contributed by atoms with van der Waals surface area (Å²) in [6.45, 7) is 1.73. The van der Waals surface area contributed by atoms with Crippen LogP contribution in [-0.2, 0) is 6.54 Å².